The highest BCUT2D eigenvalue weighted by atomic mass is 19.2. The highest BCUT2D eigenvalue weighted by Crippen LogP contribution is 2.28. The number of aromatic nitrogens is 1. The van der Waals surface area contributed by atoms with Crippen molar-refractivity contribution in [2.24, 2.45) is 0 Å². The lowest BCUT2D eigenvalue weighted by atomic mass is 9.94. The molecule has 0 unspecified atom stereocenters. The van der Waals surface area contributed by atoms with E-state index in [2.05, 4.69) is 4.98 Å². The molecule has 1 heterocycles. The number of aliphatic hydroxyl groups is 1. The molecule has 1 aliphatic rings. The number of anilines is 1. The number of rotatable bonds is 4. The Morgan fingerprint density at radius 2 is 1.84 bits per heavy atom. The molecule has 0 amide bonds. The van der Waals surface area contributed by atoms with Crippen LogP contribution in [0.25, 0.3) is 0 Å². The molecule has 1 N–H and O–H groups in total. The van der Waals surface area contributed by atoms with Crippen LogP contribution in [0, 0.1) is 17.6 Å². The van der Waals surface area contributed by atoms with E-state index >= 15 is 0 Å². The summed E-state index contributed by atoms with van der Waals surface area (Å²) in [6.45, 7) is -0.0176. The summed E-state index contributed by atoms with van der Waals surface area (Å²) in [5, 5.41) is 9.08. The summed E-state index contributed by atoms with van der Waals surface area (Å²) in [5.41, 5.74) is 0. The summed E-state index contributed by atoms with van der Waals surface area (Å²) in [6, 6.07) is 0.526. The van der Waals surface area contributed by atoms with Gasteiger partial charge in [0.2, 0.25) is 0 Å². The number of hydrogen-bond donors (Lipinski definition) is 1. The fourth-order valence-electron chi connectivity index (χ4n) is 2.60. The third-order valence-corrected chi connectivity index (χ3v) is 3.50. The molecule has 0 atom stereocenters. The lowest BCUT2D eigenvalue weighted by molar-refractivity contribution is 0.288. The summed E-state index contributed by atoms with van der Waals surface area (Å²) in [4.78, 5) is 4.92. The third kappa shape index (κ3) is 3.18. The summed E-state index contributed by atoms with van der Waals surface area (Å²) >= 11 is 0. The van der Waals surface area contributed by atoms with Crippen LogP contribution in [-0.4, -0.2) is 29.3 Å². The van der Waals surface area contributed by atoms with E-state index in [1.165, 1.54) is 0 Å². The quantitative estimate of drug-likeness (QED) is 0.857. The Kier molecular flexibility index (Phi) is 4.63. The smallest absolute Gasteiger partial charge is 0.251 e. The van der Waals surface area contributed by atoms with E-state index < -0.39 is 17.6 Å². The summed E-state index contributed by atoms with van der Waals surface area (Å²) in [7, 11) is 0. The average Bonchev–Trinajstić information content (AvgIpc) is 2.42. The lowest BCUT2D eigenvalue weighted by Gasteiger charge is -2.35. The Bertz CT molecular complexity index is 436. The molecule has 0 bridgehead atoms. The van der Waals surface area contributed by atoms with E-state index in [0.717, 1.165) is 32.1 Å². The standard InChI is InChI=1S/C13H17F3N2O/c14-10-8-11(15)13(17-12(10)16)18(6-7-19)9-4-2-1-3-5-9/h8-9,19H,1-7H2. The molecule has 0 aromatic carbocycles. The highest BCUT2D eigenvalue weighted by Gasteiger charge is 2.25. The molecule has 106 valence electrons. The van der Waals surface area contributed by atoms with Crippen molar-refractivity contribution in [3.05, 3.63) is 23.6 Å². The SMILES string of the molecule is OCCN(c1nc(F)c(F)cc1F)C1CCCCC1. The molecule has 0 aliphatic heterocycles. The van der Waals surface area contributed by atoms with E-state index in [0.29, 0.717) is 6.07 Å². The van der Waals surface area contributed by atoms with Crippen LogP contribution in [-0.2, 0) is 0 Å². The van der Waals surface area contributed by atoms with Gasteiger partial charge in [0, 0.05) is 18.7 Å². The van der Waals surface area contributed by atoms with Gasteiger partial charge in [-0.15, -0.1) is 0 Å². The summed E-state index contributed by atoms with van der Waals surface area (Å²) in [5.74, 6) is -3.71. The van der Waals surface area contributed by atoms with E-state index in [9.17, 15) is 13.2 Å². The molecule has 19 heavy (non-hydrogen) atoms. The first-order chi connectivity index (χ1) is 9.13. The van der Waals surface area contributed by atoms with Crippen molar-refractivity contribution in [1.29, 1.82) is 0 Å². The molecule has 0 radical (unpaired) electrons. The van der Waals surface area contributed by atoms with E-state index in [1.807, 2.05) is 0 Å². The maximum Gasteiger partial charge on any atom is 0.251 e. The van der Waals surface area contributed by atoms with Gasteiger partial charge in [0.1, 0.15) is 0 Å². The largest absolute Gasteiger partial charge is 0.395 e. The van der Waals surface area contributed by atoms with Crippen LogP contribution in [0.1, 0.15) is 32.1 Å². The topological polar surface area (TPSA) is 36.4 Å². The fourth-order valence-corrected chi connectivity index (χ4v) is 2.60. The second-order valence-electron chi connectivity index (χ2n) is 4.78. The van der Waals surface area contributed by atoms with Crippen LogP contribution < -0.4 is 4.90 Å². The number of nitrogens with zero attached hydrogens (tertiary/aromatic N) is 2. The van der Waals surface area contributed by atoms with Gasteiger partial charge in [0.15, 0.2) is 17.5 Å². The first-order valence-corrected chi connectivity index (χ1v) is 6.52. The summed E-state index contributed by atoms with van der Waals surface area (Å²) < 4.78 is 39.9. The molecular weight excluding hydrogens is 257 g/mol. The molecule has 1 saturated carbocycles. The van der Waals surface area contributed by atoms with Crippen LogP contribution in [0.3, 0.4) is 0 Å². The third-order valence-electron chi connectivity index (χ3n) is 3.50. The maximum atomic E-state index is 13.8. The molecule has 6 heteroatoms. The zero-order chi connectivity index (χ0) is 13.8. The van der Waals surface area contributed by atoms with E-state index in [1.54, 1.807) is 4.90 Å². The van der Waals surface area contributed by atoms with E-state index in [4.69, 9.17) is 5.11 Å². The Hall–Kier alpha value is -1.30. The van der Waals surface area contributed by atoms with Crippen molar-refractivity contribution >= 4 is 5.82 Å². The van der Waals surface area contributed by atoms with Gasteiger partial charge >= 0.3 is 0 Å². The minimum Gasteiger partial charge on any atom is -0.395 e. The second-order valence-corrected chi connectivity index (χ2v) is 4.78. The molecule has 2 rings (SSSR count). The minimum atomic E-state index is -1.31. The molecule has 0 saturated heterocycles. The zero-order valence-electron chi connectivity index (χ0n) is 10.6. The number of halogens is 3. The fraction of sp³-hybridized carbons (Fsp3) is 0.615. The average molecular weight is 274 g/mol. The van der Waals surface area contributed by atoms with Crippen molar-refractivity contribution in [1.82, 2.24) is 4.98 Å². The van der Waals surface area contributed by atoms with Gasteiger partial charge in [0.05, 0.1) is 6.61 Å². The predicted molar refractivity (Wildman–Crippen MR) is 65.4 cm³/mol. The van der Waals surface area contributed by atoms with Crippen molar-refractivity contribution in [2.75, 3.05) is 18.1 Å². The number of hydrogen-bond acceptors (Lipinski definition) is 3. The normalized spacial score (nSPS) is 16.6. The number of aliphatic hydroxyl groups excluding tert-OH is 1. The molecule has 1 aliphatic carbocycles. The van der Waals surface area contributed by atoms with Gasteiger partial charge < -0.3 is 10.0 Å². The van der Waals surface area contributed by atoms with Crippen LogP contribution in [0.15, 0.2) is 6.07 Å². The molecule has 0 spiro atoms. The van der Waals surface area contributed by atoms with Gasteiger partial charge in [-0.05, 0) is 12.8 Å². The van der Waals surface area contributed by atoms with Crippen LogP contribution in [0.2, 0.25) is 0 Å². The van der Waals surface area contributed by atoms with Gasteiger partial charge in [-0.1, -0.05) is 19.3 Å². The summed E-state index contributed by atoms with van der Waals surface area (Å²) in [6.07, 6.45) is 4.84. The molecule has 1 aromatic heterocycles. The van der Waals surface area contributed by atoms with Crippen LogP contribution in [0.5, 0.6) is 0 Å². The Morgan fingerprint density at radius 3 is 2.47 bits per heavy atom. The lowest BCUT2D eigenvalue weighted by Crippen LogP contribution is -2.40. The van der Waals surface area contributed by atoms with Crippen molar-refractivity contribution in [3.63, 3.8) is 0 Å². The van der Waals surface area contributed by atoms with Gasteiger partial charge in [-0.2, -0.15) is 9.37 Å². The van der Waals surface area contributed by atoms with Gasteiger partial charge in [-0.3, -0.25) is 0 Å². The number of pyridine rings is 1. The highest BCUT2D eigenvalue weighted by molar-refractivity contribution is 5.41. The van der Waals surface area contributed by atoms with Crippen LogP contribution >= 0.6 is 0 Å². The Morgan fingerprint density at radius 1 is 1.16 bits per heavy atom. The zero-order valence-corrected chi connectivity index (χ0v) is 10.6. The molecule has 3 nitrogen and oxygen atoms in total. The molecular formula is C13H17F3N2O. The molecule has 1 aromatic rings. The second kappa shape index (κ2) is 6.23. The van der Waals surface area contributed by atoms with Crippen molar-refractivity contribution in [2.45, 2.75) is 38.1 Å². The van der Waals surface area contributed by atoms with Gasteiger partial charge in [0.25, 0.3) is 5.95 Å². The monoisotopic (exact) mass is 274 g/mol. The minimum absolute atomic E-state index is 0.0211. The van der Waals surface area contributed by atoms with Crippen molar-refractivity contribution in [3.8, 4) is 0 Å². The van der Waals surface area contributed by atoms with E-state index in [-0.39, 0.29) is 25.0 Å². The first-order valence-electron chi connectivity index (χ1n) is 6.52. The maximum absolute atomic E-state index is 13.8. The van der Waals surface area contributed by atoms with Crippen molar-refractivity contribution < 1.29 is 18.3 Å². The Balaban J connectivity index is 2.29. The molecule has 1 fully saturated rings. The van der Waals surface area contributed by atoms with Gasteiger partial charge in [-0.25, -0.2) is 8.78 Å². The first kappa shape index (κ1) is 14.1. The van der Waals surface area contributed by atoms with Crippen LogP contribution in [0.4, 0.5) is 19.0 Å². The predicted octanol–water partition coefficient (Wildman–Crippen LogP) is 2.63. The Labute approximate surface area is 110 Å².